The maximum Gasteiger partial charge on any atom is 0.328 e. The number of hydrogen-bond donors (Lipinski definition) is 8. The lowest BCUT2D eigenvalue weighted by atomic mass is 9.97. The number of nitrogens with one attached hydrogen (secondary N) is 3. The molecule has 0 rings (SSSR count). The van der Waals surface area contributed by atoms with Gasteiger partial charge in [0.2, 0.25) is 17.7 Å². The average Bonchev–Trinajstić information content (AvgIpc) is 2.65. The maximum absolute atomic E-state index is 12.7. The molecule has 13 nitrogen and oxygen atoms in total. The number of rotatable bonds is 13. The van der Waals surface area contributed by atoms with Crippen molar-refractivity contribution in [3.63, 3.8) is 0 Å². The number of aliphatic carboxylic acids is 2. The molecular formula is C17H30N4O9. The molecule has 0 aromatic rings. The average molecular weight is 434 g/mol. The van der Waals surface area contributed by atoms with Crippen LogP contribution in [0.3, 0.4) is 0 Å². The van der Waals surface area contributed by atoms with E-state index in [1.165, 1.54) is 6.92 Å². The summed E-state index contributed by atoms with van der Waals surface area (Å²) in [5.74, 6) is -6.08. The molecule has 0 aliphatic carbocycles. The highest BCUT2D eigenvalue weighted by Gasteiger charge is 2.34. The molecular weight excluding hydrogens is 404 g/mol. The molecule has 6 atom stereocenters. The molecule has 30 heavy (non-hydrogen) atoms. The Balaban J connectivity index is 5.41. The molecule has 6 unspecified atom stereocenters. The second-order valence-electron chi connectivity index (χ2n) is 6.88. The van der Waals surface area contributed by atoms with Gasteiger partial charge in [0.15, 0.2) is 0 Å². The van der Waals surface area contributed by atoms with E-state index < -0.39 is 78.9 Å². The number of aliphatic hydroxyl groups excluding tert-OH is 2. The molecule has 0 saturated heterocycles. The van der Waals surface area contributed by atoms with Gasteiger partial charge in [-0.25, -0.2) is 4.79 Å². The van der Waals surface area contributed by atoms with E-state index in [9.17, 15) is 29.1 Å². The van der Waals surface area contributed by atoms with Crippen molar-refractivity contribution < 1.29 is 44.4 Å². The molecule has 9 N–H and O–H groups in total. The predicted molar refractivity (Wildman–Crippen MR) is 102 cm³/mol. The fourth-order valence-corrected chi connectivity index (χ4v) is 2.34. The highest BCUT2D eigenvalue weighted by atomic mass is 16.4. The van der Waals surface area contributed by atoms with E-state index in [1.54, 1.807) is 13.8 Å². The highest BCUT2D eigenvalue weighted by molar-refractivity contribution is 5.95. The van der Waals surface area contributed by atoms with Gasteiger partial charge in [-0.15, -0.1) is 0 Å². The summed E-state index contributed by atoms with van der Waals surface area (Å²) in [7, 11) is 0. The zero-order valence-electron chi connectivity index (χ0n) is 17.0. The van der Waals surface area contributed by atoms with Crippen molar-refractivity contribution in [3.8, 4) is 0 Å². The number of nitrogens with two attached hydrogens (primary N) is 1. The van der Waals surface area contributed by atoms with E-state index in [-0.39, 0.29) is 0 Å². The Morgan fingerprint density at radius 2 is 1.40 bits per heavy atom. The van der Waals surface area contributed by atoms with Gasteiger partial charge in [0, 0.05) is 0 Å². The Morgan fingerprint density at radius 1 is 0.900 bits per heavy atom. The van der Waals surface area contributed by atoms with Gasteiger partial charge >= 0.3 is 11.9 Å². The molecule has 0 radical (unpaired) electrons. The predicted octanol–water partition coefficient (Wildman–Crippen LogP) is -3.25. The fourth-order valence-electron chi connectivity index (χ4n) is 2.34. The van der Waals surface area contributed by atoms with Gasteiger partial charge in [0.1, 0.15) is 18.1 Å². The van der Waals surface area contributed by atoms with Crippen LogP contribution >= 0.6 is 0 Å². The number of carboxylic acid groups (broad SMARTS) is 2. The van der Waals surface area contributed by atoms with Gasteiger partial charge < -0.3 is 42.1 Å². The molecule has 0 bridgehead atoms. The quantitative estimate of drug-likeness (QED) is 0.144. The number of carbonyl (C=O) groups excluding carboxylic acids is 3. The zero-order chi connectivity index (χ0) is 23.6. The van der Waals surface area contributed by atoms with Crippen molar-refractivity contribution in [1.29, 1.82) is 0 Å². The van der Waals surface area contributed by atoms with Crippen LogP contribution in [0.15, 0.2) is 0 Å². The van der Waals surface area contributed by atoms with Crippen LogP contribution in [0.25, 0.3) is 0 Å². The fraction of sp³-hybridized carbons (Fsp3) is 0.706. The SMILES string of the molecule is CCC(C)C(NC(=O)C(N)CC(=O)O)C(=O)NC(C(=O)NC(CO)C(=O)O)C(C)O. The molecule has 172 valence electrons. The lowest BCUT2D eigenvalue weighted by Crippen LogP contribution is -2.61. The summed E-state index contributed by atoms with van der Waals surface area (Å²) < 4.78 is 0. The van der Waals surface area contributed by atoms with Crippen LogP contribution in [-0.4, -0.2) is 87.0 Å². The zero-order valence-corrected chi connectivity index (χ0v) is 17.0. The normalized spacial score (nSPS) is 16.9. The lowest BCUT2D eigenvalue weighted by molar-refractivity contribution is -0.144. The van der Waals surface area contributed by atoms with Crippen LogP contribution in [0.2, 0.25) is 0 Å². The number of hydrogen-bond acceptors (Lipinski definition) is 8. The number of carbonyl (C=O) groups is 5. The minimum Gasteiger partial charge on any atom is -0.481 e. The van der Waals surface area contributed by atoms with Gasteiger partial charge in [-0.3, -0.25) is 19.2 Å². The van der Waals surface area contributed by atoms with Crippen LogP contribution in [0.5, 0.6) is 0 Å². The largest absolute Gasteiger partial charge is 0.481 e. The molecule has 0 aromatic heterocycles. The summed E-state index contributed by atoms with van der Waals surface area (Å²) >= 11 is 0. The Hall–Kier alpha value is -2.77. The summed E-state index contributed by atoms with van der Waals surface area (Å²) in [6.07, 6.45) is -1.68. The number of amides is 3. The van der Waals surface area contributed by atoms with Gasteiger partial charge in [0.25, 0.3) is 0 Å². The first-order chi connectivity index (χ1) is 13.8. The summed E-state index contributed by atoms with van der Waals surface area (Å²) in [6.45, 7) is 3.62. The van der Waals surface area contributed by atoms with E-state index in [2.05, 4.69) is 10.6 Å². The monoisotopic (exact) mass is 434 g/mol. The Bertz CT molecular complexity index is 641. The van der Waals surface area contributed by atoms with Gasteiger partial charge in [-0.05, 0) is 12.8 Å². The summed E-state index contributed by atoms with van der Waals surface area (Å²) in [4.78, 5) is 58.8. The van der Waals surface area contributed by atoms with Crippen LogP contribution in [0.4, 0.5) is 0 Å². The summed E-state index contributed by atoms with van der Waals surface area (Å²) in [5, 5.41) is 43.0. The van der Waals surface area contributed by atoms with Crippen molar-refractivity contribution in [2.24, 2.45) is 11.7 Å². The Morgan fingerprint density at radius 3 is 1.80 bits per heavy atom. The first-order valence-corrected chi connectivity index (χ1v) is 9.25. The van der Waals surface area contributed by atoms with E-state index in [1.807, 2.05) is 5.32 Å². The standard InChI is InChI=1S/C17H30N4O9/c1-4-7(2)12(20-14(26)9(18)5-11(24)25)15(27)21-13(8(3)23)16(28)19-10(6-22)17(29)30/h7-10,12-13,22-23H,4-6,18H2,1-3H3,(H,19,28)(H,20,26)(H,21,27)(H,24,25)(H,29,30). The Labute approximate surface area is 173 Å². The first kappa shape index (κ1) is 27.2. The van der Waals surface area contributed by atoms with E-state index in [0.717, 1.165) is 0 Å². The third-order valence-corrected chi connectivity index (χ3v) is 4.38. The van der Waals surface area contributed by atoms with Gasteiger partial charge in [-0.1, -0.05) is 20.3 Å². The topological polar surface area (TPSA) is 228 Å². The maximum atomic E-state index is 12.7. The van der Waals surface area contributed by atoms with E-state index in [4.69, 9.17) is 21.1 Å². The number of carboxylic acids is 2. The second-order valence-corrected chi connectivity index (χ2v) is 6.88. The van der Waals surface area contributed by atoms with Crippen molar-refractivity contribution in [3.05, 3.63) is 0 Å². The summed E-state index contributed by atoms with van der Waals surface area (Å²) in [6, 6.07) is -5.83. The molecule has 0 fully saturated rings. The molecule has 0 aliphatic rings. The van der Waals surface area contributed by atoms with Gasteiger partial charge in [-0.2, -0.15) is 0 Å². The second kappa shape index (κ2) is 12.7. The van der Waals surface area contributed by atoms with Gasteiger partial charge in [0.05, 0.1) is 25.2 Å². The van der Waals surface area contributed by atoms with Crippen LogP contribution in [0.1, 0.15) is 33.6 Å². The van der Waals surface area contributed by atoms with Crippen LogP contribution in [-0.2, 0) is 24.0 Å². The molecule has 0 saturated carbocycles. The minimum absolute atomic E-state index is 0.420. The molecule has 0 aliphatic heterocycles. The third-order valence-electron chi connectivity index (χ3n) is 4.38. The van der Waals surface area contributed by atoms with E-state index in [0.29, 0.717) is 6.42 Å². The smallest absolute Gasteiger partial charge is 0.328 e. The van der Waals surface area contributed by atoms with Crippen molar-refractivity contribution in [2.45, 2.75) is 63.9 Å². The Kier molecular flexibility index (Phi) is 11.5. The summed E-state index contributed by atoms with van der Waals surface area (Å²) in [5.41, 5.74) is 5.50. The lowest BCUT2D eigenvalue weighted by Gasteiger charge is -2.28. The van der Waals surface area contributed by atoms with E-state index >= 15 is 0 Å². The number of aliphatic hydroxyl groups is 2. The molecule has 3 amide bonds. The minimum atomic E-state index is -1.64. The molecule has 0 aromatic carbocycles. The molecule has 13 heteroatoms. The van der Waals surface area contributed by atoms with Crippen LogP contribution < -0.4 is 21.7 Å². The van der Waals surface area contributed by atoms with Crippen molar-refractivity contribution in [1.82, 2.24) is 16.0 Å². The van der Waals surface area contributed by atoms with Crippen molar-refractivity contribution >= 4 is 29.7 Å². The molecule has 0 spiro atoms. The van der Waals surface area contributed by atoms with Crippen molar-refractivity contribution in [2.75, 3.05) is 6.61 Å². The first-order valence-electron chi connectivity index (χ1n) is 9.25. The van der Waals surface area contributed by atoms with Crippen LogP contribution in [0, 0.1) is 5.92 Å². The third kappa shape index (κ3) is 8.71. The molecule has 0 heterocycles. The highest BCUT2D eigenvalue weighted by Crippen LogP contribution is 2.10.